The Morgan fingerprint density at radius 2 is 2.00 bits per heavy atom. The first-order valence-corrected chi connectivity index (χ1v) is 6.83. The van der Waals surface area contributed by atoms with Crippen LogP contribution in [-0.2, 0) is 9.53 Å². The van der Waals surface area contributed by atoms with Crippen LogP contribution in [0.15, 0.2) is 24.3 Å². The van der Waals surface area contributed by atoms with Gasteiger partial charge in [0.05, 0.1) is 14.2 Å². The van der Waals surface area contributed by atoms with Gasteiger partial charge in [-0.05, 0) is 37.1 Å². The van der Waals surface area contributed by atoms with Gasteiger partial charge < -0.3 is 19.7 Å². The number of anilines is 1. The van der Waals surface area contributed by atoms with Crippen LogP contribution >= 0.6 is 0 Å². The first-order valence-electron chi connectivity index (χ1n) is 6.83. The molecule has 1 N–H and O–H groups in total. The van der Waals surface area contributed by atoms with Crippen molar-refractivity contribution in [1.29, 1.82) is 0 Å². The van der Waals surface area contributed by atoms with Gasteiger partial charge in [0.1, 0.15) is 11.8 Å². The van der Waals surface area contributed by atoms with Gasteiger partial charge in [-0.3, -0.25) is 4.79 Å². The van der Waals surface area contributed by atoms with E-state index in [1.807, 2.05) is 36.2 Å². The van der Waals surface area contributed by atoms with Gasteiger partial charge in [0.25, 0.3) is 0 Å². The van der Waals surface area contributed by atoms with Gasteiger partial charge in [-0.2, -0.15) is 0 Å². The second-order valence-corrected chi connectivity index (χ2v) is 5.10. The number of nitrogens with one attached hydrogen (secondary N) is 1. The average molecular weight is 278 g/mol. The SMILES string of the molecule is COC(=O)C(CN(C)c1ccc(OC)cc1)NC1CC1. The molecular formula is C15H22N2O3. The molecule has 0 amide bonds. The maximum absolute atomic E-state index is 11.8. The molecule has 1 aromatic carbocycles. The number of hydrogen-bond donors (Lipinski definition) is 1. The van der Waals surface area contributed by atoms with Crippen molar-refractivity contribution in [2.45, 2.75) is 24.9 Å². The molecule has 2 rings (SSSR count). The number of rotatable bonds is 7. The predicted octanol–water partition coefficient (Wildman–Crippen LogP) is 1.42. The normalized spacial score (nSPS) is 15.6. The van der Waals surface area contributed by atoms with Gasteiger partial charge in [-0.15, -0.1) is 0 Å². The summed E-state index contributed by atoms with van der Waals surface area (Å²) in [6.07, 6.45) is 2.28. The number of nitrogens with zero attached hydrogens (tertiary/aromatic N) is 1. The maximum Gasteiger partial charge on any atom is 0.324 e. The second kappa shape index (κ2) is 6.61. The molecule has 0 aliphatic heterocycles. The second-order valence-electron chi connectivity index (χ2n) is 5.10. The molecule has 5 nitrogen and oxygen atoms in total. The van der Waals surface area contributed by atoms with E-state index in [0.717, 1.165) is 24.3 Å². The molecule has 20 heavy (non-hydrogen) atoms. The standard InChI is InChI=1S/C15H22N2O3/c1-17(12-6-8-13(19-2)9-7-12)10-14(15(18)20-3)16-11-4-5-11/h6-9,11,14,16H,4-5,10H2,1-3H3. The minimum absolute atomic E-state index is 0.211. The number of likely N-dealkylation sites (N-methyl/N-ethyl adjacent to an activating group) is 1. The lowest BCUT2D eigenvalue weighted by Gasteiger charge is -2.25. The van der Waals surface area contributed by atoms with E-state index in [1.54, 1.807) is 7.11 Å². The molecule has 0 bridgehead atoms. The quantitative estimate of drug-likeness (QED) is 0.765. The highest BCUT2D eigenvalue weighted by Gasteiger charge is 2.29. The van der Waals surface area contributed by atoms with E-state index in [0.29, 0.717) is 12.6 Å². The minimum atomic E-state index is -0.292. The fourth-order valence-corrected chi connectivity index (χ4v) is 2.09. The fourth-order valence-electron chi connectivity index (χ4n) is 2.09. The predicted molar refractivity (Wildman–Crippen MR) is 78.2 cm³/mol. The summed E-state index contributed by atoms with van der Waals surface area (Å²) in [7, 11) is 5.04. The molecule has 1 fully saturated rings. The van der Waals surface area contributed by atoms with Crippen LogP contribution in [0.5, 0.6) is 5.75 Å². The highest BCUT2D eigenvalue weighted by molar-refractivity contribution is 5.76. The molecular weight excluding hydrogens is 256 g/mol. The van der Waals surface area contributed by atoms with Gasteiger partial charge in [0.15, 0.2) is 0 Å². The Hall–Kier alpha value is -1.75. The lowest BCUT2D eigenvalue weighted by Crippen LogP contribution is -2.46. The molecule has 0 saturated heterocycles. The van der Waals surface area contributed by atoms with Crippen LogP contribution < -0.4 is 15.0 Å². The Labute approximate surface area is 119 Å². The average Bonchev–Trinajstić information content (AvgIpc) is 3.29. The highest BCUT2D eigenvalue weighted by atomic mass is 16.5. The Bertz CT molecular complexity index is 443. The van der Waals surface area contributed by atoms with Gasteiger partial charge in [0.2, 0.25) is 0 Å². The summed E-state index contributed by atoms with van der Waals surface area (Å²) in [6, 6.07) is 7.94. The molecule has 110 valence electrons. The largest absolute Gasteiger partial charge is 0.497 e. The molecule has 1 atom stereocenters. The molecule has 1 aliphatic rings. The number of ether oxygens (including phenoxy) is 2. The number of hydrogen-bond acceptors (Lipinski definition) is 5. The molecule has 0 radical (unpaired) electrons. The van der Waals surface area contributed by atoms with E-state index >= 15 is 0 Å². The summed E-state index contributed by atoms with van der Waals surface area (Å²) in [5.41, 5.74) is 1.04. The zero-order chi connectivity index (χ0) is 14.5. The van der Waals surface area contributed by atoms with Crippen LogP contribution in [0, 0.1) is 0 Å². The summed E-state index contributed by atoms with van der Waals surface area (Å²) in [5.74, 6) is 0.611. The van der Waals surface area contributed by atoms with Crippen LogP contribution in [-0.4, -0.2) is 45.9 Å². The molecule has 1 saturated carbocycles. The first kappa shape index (κ1) is 14.7. The lowest BCUT2D eigenvalue weighted by molar-refractivity contribution is -0.142. The lowest BCUT2D eigenvalue weighted by atomic mass is 10.2. The number of methoxy groups -OCH3 is 2. The Morgan fingerprint density at radius 1 is 1.35 bits per heavy atom. The van der Waals surface area contributed by atoms with Crippen LogP contribution in [0.3, 0.4) is 0 Å². The van der Waals surface area contributed by atoms with Crippen LogP contribution in [0.4, 0.5) is 5.69 Å². The minimum Gasteiger partial charge on any atom is -0.497 e. The monoisotopic (exact) mass is 278 g/mol. The number of esters is 1. The first-order chi connectivity index (χ1) is 9.63. The third kappa shape index (κ3) is 3.87. The molecule has 1 unspecified atom stereocenters. The summed E-state index contributed by atoms with van der Waals surface area (Å²) in [4.78, 5) is 13.8. The summed E-state index contributed by atoms with van der Waals surface area (Å²) in [6.45, 7) is 0.579. The van der Waals surface area contributed by atoms with Crippen molar-refractivity contribution in [2.24, 2.45) is 0 Å². The van der Waals surface area contributed by atoms with E-state index in [9.17, 15) is 4.79 Å². The molecule has 1 aromatic rings. The van der Waals surface area contributed by atoms with E-state index in [2.05, 4.69) is 5.32 Å². The van der Waals surface area contributed by atoms with Gasteiger partial charge in [-0.25, -0.2) is 0 Å². The van der Waals surface area contributed by atoms with E-state index in [4.69, 9.17) is 9.47 Å². The highest BCUT2D eigenvalue weighted by Crippen LogP contribution is 2.21. The summed E-state index contributed by atoms with van der Waals surface area (Å²) >= 11 is 0. The van der Waals surface area contributed by atoms with E-state index in [-0.39, 0.29) is 12.0 Å². The van der Waals surface area contributed by atoms with Gasteiger partial charge >= 0.3 is 5.97 Å². The Kier molecular flexibility index (Phi) is 4.84. The zero-order valence-electron chi connectivity index (χ0n) is 12.3. The fraction of sp³-hybridized carbons (Fsp3) is 0.533. The van der Waals surface area contributed by atoms with Gasteiger partial charge in [-0.1, -0.05) is 0 Å². The van der Waals surface area contributed by atoms with Crippen LogP contribution in [0.2, 0.25) is 0 Å². The van der Waals surface area contributed by atoms with Crippen LogP contribution in [0.25, 0.3) is 0 Å². The molecule has 0 aromatic heterocycles. The van der Waals surface area contributed by atoms with Crippen molar-refractivity contribution in [1.82, 2.24) is 5.32 Å². The zero-order valence-corrected chi connectivity index (χ0v) is 12.3. The molecule has 1 aliphatic carbocycles. The van der Waals surface area contributed by atoms with Crippen molar-refractivity contribution < 1.29 is 14.3 Å². The molecule has 0 spiro atoms. The molecule has 0 heterocycles. The van der Waals surface area contributed by atoms with Crippen molar-refractivity contribution >= 4 is 11.7 Å². The molecule has 5 heteroatoms. The van der Waals surface area contributed by atoms with Crippen molar-refractivity contribution in [3.05, 3.63) is 24.3 Å². The van der Waals surface area contributed by atoms with Crippen LogP contribution in [0.1, 0.15) is 12.8 Å². The number of carbonyl (C=O) groups excluding carboxylic acids is 1. The third-order valence-corrected chi connectivity index (χ3v) is 3.47. The maximum atomic E-state index is 11.8. The van der Waals surface area contributed by atoms with Crippen molar-refractivity contribution in [2.75, 3.05) is 32.7 Å². The summed E-state index contributed by atoms with van der Waals surface area (Å²) < 4.78 is 10.0. The van der Waals surface area contributed by atoms with Crippen molar-refractivity contribution in [3.8, 4) is 5.75 Å². The Morgan fingerprint density at radius 3 is 2.50 bits per heavy atom. The number of carbonyl (C=O) groups is 1. The van der Waals surface area contributed by atoms with Gasteiger partial charge in [0, 0.05) is 25.3 Å². The number of benzene rings is 1. The van der Waals surface area contributed by atoms with E-state index < -0.39 is 0 Å². The van der Waals surface area contributed by atoms with Crippen molar-refractivity contribution in [3.63, 3.8) is 0 Å². The summed E-state index contributed by atoms with van der Waals surface area (Å²) in [5, 5.41) is 3.32. The Balaban J connectivity index is 1.98. The smallest absolute Gasteiger partial charge is 0.324 e. The topological polar surface area (TPSA) is 50.8 Å². The van der Waals surface area contributed by atoms with E-state index in [1.165, 1.54) is 7.11 Å². The third-order valence-electron chi connectivity index (χ3n) is 3.47.